The molecule has 2 N–H and O–H groups in total. The molecule has 0 spiro atoms. The Morgan fingerprint density at radius 3 is 1.49 bits per heavy atom. The maximum atomic E-state index is 13.2. The van der Waals surface area contributed by atoms with Crippen molar-refractivity contribution < 1.29 is 77.2 Å². The number of carbonyl (C=O) groups is 2. The zero-order chi connectivity index (χ0) is 46.1. The monoisotopic (exact) mass is 1260 g/mol. The van der Waals surface area contributed by atoms with Crippen LogP contribution < -0.4 is 0 Å². The van der Waals surface area contributed by atoms with Gasteiger partial charge in [0.25, 0.3) is 0 Å². The second-order valence-corrected chi connectivity index (χ2v) is 14.3. The second-order valence-electron chi connectivity index (χ2n) is 11.6. The minimum atomic E-state index is -4.63. The first-order valence-electron chi connectivity index (χ1n) is 15.3. The molecule has 0 saturated carbocycles. The molecule has 0 aromatic heterocycles. The number of carboxylic acid groups (broad SMARTS) is 2. The molecule has 330 valence electrons. The molecule has 0 atom stereocenters. The molecule has 1 aliphatic heterocycles. The van der Waals surface area contributed by atoms with Crippen molar-refractivity contribution in [2.75, 3.05) is 13.2 Å². The first-order chi connectivity index (χ1) is 26.5. The zero-order valence-corrected chi connectivity index (χ0v) is 41.5. The standard InChI is InChI=1S/C12H12F4O2S.C7H3BrF4.C7H3F4.C5H8O2.C4H8O.BrS.I2.Mg/c1-11(2,6-10(17)18)19-9-4-7(12(14,15)16)3-8(13)5-9;8-5-1-4(7(10,11)12)2-6(9)3-5;8-6-3-1-2-5(4-6)7(9,10)11;1-4(2)3-5(6)7;1-2-4-5-3-1;2*1-2;/h3-5H,6H2,1-2H3,(H,17,18);1-3H;2-4H;3H,1-2H3,(H,6,7);1-4H2;;;/q;;-1;;;-1;;+2. The number of thioether (sulfide) groups is 1. The smallest absolute Gasteiger partial charge is 0.708 e. The Hall–Kier alpha value is -0.654. The molecule has 4 rings (SSSR count). The summed E-state index contributed by atoms with van der Waals surface area (Å²) in [5, 5.41) is 16.7. The van der Waals surface area contributed by atoms with Gasteiger partial charge in [0.1, 0.15) is 11.6 Å². The number of carboxylic acids is 2. The van der Waals surface area contributed by atoms with Gasteiger partial charge in [0.05, 0.1) is 17.5 Å². The third-order valence-electron chi connectivity index (χ3n) is 5.68. The summed E-state index contributed by atoms with van der Waals surface area (Å²) >= 11 is 14.3. The number of alkyl halides is 9. The van der Waals surface area contributed by atoms with Gasteiger partial charge >= 0.3 is 53.5 Å². The molecule has 3 aromatic rings. The van der Waals surface area contributed by atoms with E-state index < -0.39 is 69.4 Å². The largest absolute Gasteiger partial charge is 2.00 e. The van der Waals surface area contributed by atoms with E-state index in [4.69, 9.17) is 14.9 Å². The van der Waals surface area contributed by atoms with Gasteiger partial charge in [-0.2, -0.15) is 51.6 Å². The maximum absolute atomic E-state index is 13.2. The number of rotatable bonds is 5. The van der Waals surface area contributed by atoms with Crippen LogP contribution >= 0.6 is 79.7 Å². The normalized spacial score (nSPS) is 11.7. The summed E-state index contributed by atoms with van der Waals surface area (Å²) in [6.07, 6.45) is -10.1. The van der Waals surface area contributed by atoms with Crippen molar-refractivity contribution in [3.8, 4) is 0 Å². The second kappa shape index (κ2) is 32.9. The maximum Gasteiger partial charge on any atom is 2.00 e. The number of halogens is 16. The number of aliphatic carboxylic acids is 2. The van der Waals surface area contributed by atoms with Crippen molar-refractivity contribution >= 4 is 126 Å². The number of benzene rings is 3. The van der Waals surface area contributed by atoms with Gasteiger partial charge in [-0.3, -0.25) is 24.0 Å². The zero-order valence-electron chi connectivity index (χ0n) is 31.0. The Labute approximate surface area is 398 Å². The Balaban J connectivity index is -0.000000331. The first-order valence-corrected chi connectivity index (χ1v) is 25.5. The molecule has 59 heavy (non-hydrogen) atoms. The van der Waals surface area contributed by atoms with Gasteiger partial charge in [-0.15, -0.1) is 23.9 Å². The summed E-state index contributed by atoms with van der Waals surface area (Å²) in [5.74, 6) is -4.77. The molecule has 3 aromatic carbocycles. The Morgan fingerprint density at radius 1 is 0.763 bits per heavy atom. The van der Waals surface area contributed by atoms with Gasteiger partial charge in [-0.25, -0.2) is 13.6 Å². The van der Waals surface area contributed by atoms with Crippen LogP contribution in [0.1, 0.15) is 63.6 Å². The van der Waals surface area contributed by atoms with E-state index in [1.54, 1.807) is 27.7 Å². The van der Waals surface area contributed by atoms with E-state index in [9.17, 15) is 62.3 Å². The predicted octanol–water partition coefficient (Wildman–Crippen LogP) is 14.5. The molecule has 1 aliphatic rings. The molecule has 1 saturated heterocycles. The fourth-order valence-electron chi connectivity index (χ4n) is 3.59. The van der Waals surface area contributed by atoms with Crippen molar-refractivity contribution in [2.45, 2.75) is 75.1 Å². The number of allylic oxidation sites excluding steroid dienone is 1. The van der Waals surface area contributed by atoms with Gasteiger partial charge < -0.3 is 26.0 Å². The van der Waals surface area contributed by atoms with Crippen molar-refractivity contribution in [3.05, 3.63) is 111 Å². The number of hydrogen-bond donors (Lipinski definition) is 2. The SMILES string of the molecule is C1CCOC1.CC(C)(CC(=O)O)Sc1cc(F)cc(C(F)(F)F)c1.CC(C)=CC(=O)O.Fc1c[c-]cc(C(F)(F)F)c1.Fc1cc(Br)cc(C(F)(F)F)c1.II.[Mg+2].[S-]Br. The Morgan fingerprint density at radius 2 is 1.19 bits per heavy atom. The minimum absolute atomic E-state index is 0. The average Bonchev–Trinajstić information content (AvgIpc) is 3.65. The fourth-order valence-corrected chi connectivity index (χ4v) is 5.24. The molecule has 0 bridgehead atoms. The molecule has 0 radical (unpaired) electrons. The summed E-state index contributed by atoms with van der Waals surface area (Å²) in [4.78, 5) is 20.4. The van der Waals surface area contributed by atoms with E-state index >= 15 is 0 Å². The van der Waals surface area contributed by atoms with Gasteiger partial charge in [0.2, 0.25) is 0 Å². The predicted molar refractivity (Wildman–Crippen MR) is 230 cm³/mol. The minimum Gasteiger partial charge on any atom is -0.708 e. The van der Waals surface area contributed by atoms with E-state index in [2.05, 4.69) is 79.0 Å². The van der Waals surface area contributed by atoms with E-state index in [1.165, 1.54) is 18.9 Å². The van der Waals surface area contributed by atoms with E-state index in [0.29, 0.717) is 24.3 Å². The van der Waals surface area contributed by atoms with E-state index in [0.717, 1.165) is 60.9 Å². The van der Waals surface area contributed by atoms with Crippen LogP contribution in [0.2, 0.25) is 0 Å². The molecule has 1 fully saturated rings. The van der Waals surface area contributed by atoms with E-state index in [1.807, 2.05) is 6.07 Å². The van der Waals surface area contributed by atoms with Crippen LogP contribution in [0.3, 0.4) is 0 Å². The molecule has 5 nitrogen and oxygen atoms in total. The fraction of sp³-hybridized carbons (Fsp3) is 0.371. The van der Waals surface area contributed by atoms with Gasteiger partial charge in [-0.05, 0) is 76.9 Å². The number of ether oxygens (including phenoxy) is 1. The van der Waals surface area contributed by atoms with Crippen LogP contribution in [-0.4, -0.2) is 63.2 Å². The average molecular weight is 1260 g/mol. The summed E-state index contributed by atoms with van der Waals surface area (Å²) in [5.41, 5.74) is -2.28. The summed E-state index contributed by atoms with van der Waals surface area (Å²) in [6.45, 7) is 8.64. The van der Waals surface area contributed by atoms with Crippen LogP contribution in [0.5, 0.6) is 0 Å². The molecule has 0 unspecified atom stereocenters. The topological polar surface area (TPSA) is 83.8 Å². The quantitative estimate of drug-likeness (QED) is 0.0501. The van der Waals surface area contributed by atoms with Crippen molar-refractivity contribution in [1.82, 2.24) is 0 Å². The third-order valence-corrected chi connectivity index (χ3v) is 7.31. The van der Waals surface area contributed by atoms with Crippen molar-refractivity contribution in [3.63, 3.8) is 0 Å². The molecule has 1 heterocycles. The molecule has 24 heteroatoms. The number of hydrogen-bond acceptors (Lipinski definition) is 5. The van der Waals surface area contributed by atoms with Crippen LogP contribution in [-0.2, 0) is 43.9 Å². The Bertz CT molecular complexity index is 1670. The van der Waals surface area contributed by atoms with Crippen LogP contribution in [0.4, 0.5) is 52.7 Å². The molecule has 0 aliphatic carbocycles. The summed E-state index contributed by atoms with van der Waals surface area (Å²) in [7, 11) is 0. The van der Waals surface area contributed by atoms with E-state index in [-0.39, 0.29) is 38.8 Å². The van der Waals surface area contributed by atoms with Crippen molar-refractivity contribution in [2.24, 2.45) is 0 Å². The third kappa shape index (κ3) is 35.5. The summed E-state index contributed by atoms with van der Waals surface area (Å²) < 4.78 is 151. The molecular weight excluding hydrogens is 1230 g/mol. The van der Waals surface area contributed by atoms with Crippen LogP contribution in [0.25, 0.3) is 0 Å². The molecule has 0 amide bonds. The van der Waals surface area contributed by atoms with Crippen LogP contribution in [0.15, 0.2) is 75.6 Å². The first kappa shape index (κ1) is 65.0. The Kier molecular flexibility index (Phi) is 36.3. The van der Waals surface area contributed by atoms with Gasteiger partial charge in [-0.1, -0.05) is 27.1 Å². The summed E-state index contributed by atoms with van der Waals surface area (Å²) in [6, 6.07) is 8.44. The van der Waals surface area contributed by atoms with Crippen molar-refractivity contribution in [1.29, 1.82) is 0 Å². The van der Waals surface area contributed by atoms with Crippen LogP contribution in [0, 0.1) is 23.5 Å². The van der Waals surface area contributed by atoms with Gasteiger partial charge in [0, 0.05) is 76.5 Å². The van der Waals surface area contributed by atoms with Gasteiger partial charge in [0.15, 0.2) is 0 Å². The molecular formula is C35H34Br2F12I2MgO5S2.